The van der Waals surface area contributed by atoms with Crippen molar-refractivity contribution < 1.29 is 13.2 Å². The molecule has 1 amide bonds. The molecule has 1 saturated heterocycles. The lowest BCUT2D eigenvalue weighted by Gasteiger charge is -2.19. The number of fused-ring (bicyclic) bond motifs is 1. The van der Waals surface area contributed by atoms with Crippen molar-refractivity contribution in [2.45, 2.75) is 23.8 Å². The van der Waals surface area contributed by atoms with Crippen LogP contribution in [0.15, 0.2) is 35.5 Å². The van der Waals surface area contributed by atoms with Crippen molar-refractivity contribution in [3.05, 3.63) is 35.6 Å². The fourth-order valence-electron chi connectivity index (χ4n) is 3.20. The molecule has 1 aliphatic rings. The lowest BCUT2D eigenvalue weighted by atomic mass is 10.2. The first-order chi connectivity index (χ1) is 12.8. The monoisotopic (exact) mass is 410 g/mol. The van der Waals surface area contributed by atoms with Crippen LogP contribution in [0.25, 0.3) is 10.8 Å². The third kappa shape index (κ3) is 4.40. The van der Waals surface area contributed by atoms with Gasteiger partial charge in [0.2, 0.25) is 15.9 Å². The van der Waals surface area contributed by atoms with Crippen LogP contribution in [-0.2, 0) is 14.8 Å². The number of sulfonamides is 1. The maximum atomic E-state index is 13.2. The van der Waals surface area contributed by atoms with Crippen LogP contribution in [0, 0.1) is 0 Å². The second-order valence-corrected chi connectivity index (χ2v) is 9.26. The third-order valence-corrected chi connectivity index (χ3v) is 6.81. The number of amides is 1. The molecule has 1 aromatic heterocycles. The highest BCUT2D eigenvalue weighted by Gasteiger charge is 2.34. The van der Waals surface area contributed by atoms with Gasteiger partial charge in [0.15, 0.2) is 0 Å². The van der Waals surface area contributed by atoms with Gasteiger partial charge in [-0.1, -0.05) is 23.7 Å². The van der Waals surface area contributed by atoms with Crippen molar-refractivity contribution in [3.63, 3.8) is 0 Å². The molecule has 0 spiro atoms. The maximum absolute atomic E-state index is 13.2. The summed E-state index contributed by atoms with van der Waals surface area (Å²) in [4.78, 5) is 18.1. The van der Waals surface area contributed by atoms with Crippen LogP contribution in [0.1, 0.15) is 12.8 Å². The zero-order valence-corrected chi connectivity index (χ0v) is 16.9. The highest BCUT2D eigenvalue weighted by atomic mass is 35.5. The Morgan fingerprint density at radius 3 is 2.89 bits per heavy atom. The molecule has 9 heteroatoms. The quantitative estimate of drug-likeness (QED) is 0.784. The Bertz CT molecular complexity index is 944. The summed E-state index contributed by atoms with van der Waals surface area (Å²) in [5.41, 5.74) is 0. The summed E-state index contributed by atoms with van der Waals surface area (Å²) in [7, 11) is 0.0889. The predicted molar refractivity (Wildman–Crippen MR) is 105 cm³/mol. The molecule has 3 rings (SSSR count). The van der Waals surface area contributed by atoms with Crippen LogP contribution in [0.3, 0.4) is 0 Å². The molecule has 146 valence electrons. The van der Waals surface area contributed by atoms with Crippen molar-refractivity contribution in [2.75, 3.05) is 33.7 Å². The van der Waals surface area contributed by atoms with E-state index in [0.29, 0.717) is 41.7 Å². The highest BCUT2D eigenvalue weighted by molar-refractivity contribution is 7.89. The SMILES string of the molecule is CN(C)CCC(=O)NC1CCN(S(=O)(=O)c2cccc3cncc(Cl)c23)C1. The molecule has 0 radical (unpaired) electrons. The predicted octanol–water partition coefficient (Wildman–Crippen LogP) is 1.72. The zero-order chi connectivity index (χ0) is 19.6. The minimum atomic E-state index is -3.72. The summed E-state index contributed by atoms with van der Waals surface area (Å²) in [5, 5.41) is 4.39. The van der Waals surface area contributed by atoms with Crippen molar-refractivity contribution in [1.29, 1.82) is 0 Å². The standard InChI is InChI=1S/C18H23ClN4O3S/c1-22(2)8-7-17(24)21-14-6-9-23(12-14)27(25,26)16-5-3-4-13-10-20-11-15(19)18(13)16/h3-5,10-11,14H,6-9,12H2,1-2H3,(H,21,24). The van der Waals surface area contributed by atoms with E-state index in [1.54, 1.807) is 24.4 Å². The third-order valence-electron chi connectivity index (χ3n) is 4.62. The van der Waals surface area contributed by atoms with E-state index in [4.69, 9.17) is 11.6 Å². The number of pyridine rings is 1. The van der Waals surface area contributed by atoms with Crippen LogP contribution in [-0.4, -0.2) is 68.3 Å². The Kier molecular flexibility index (Phi) is 6.00. The number of hydrogen-bond acceptors (Lipinski definition) is 5. The van der Waals surface area contributed by atoms with Crippen molar-refractivity contribution >= 4 is 38.3 Å². The Hall–Kier alpha value is -1.74. The molecular formula is C18H23ClN4O3S. The Morgan fingerprint density at radius 1 is 1.37 bits per heavy atom. The average molecular weight is 411 g/mol. The number of rotatable bonds is 6. The van der Waals surface area contributed by atoms with Gasteiger partial charge in [-0.3, -0.25) is 9.78 Å². The van der Waals surface area contributed by atoms with Crippen LogP contribution in [0.5, 0.6) is 0 Å². The van der Waals surface area contributed by atoms with Crippen molar-refractivity contribution in [3.8, 4) is 0 Å². The molecule has 1 aromatic carbocycles. The second-order valence-electron chi connectivity index (χ2n) is 6.95. The topological polar surface area (TPSA) is 82.6 Å². The van der Waals surface area contributed by atoms with Gasteiger partial charge in [0, 0.05) is 55.3 Å². The molecule has 1 unspecified atom stereocenters. The summed E-state index contributed by atoms with van der Waals surface area (Å²) in [6.45, 7) is 1.28. The molecule has 7 nitrogen and oxygen atoms in total. The Morgan fingerprint density at radius 2 is 2.15 bits per heavy atom. The first kappa shape index (κ1) is 20.0. The van der Waals surface area contributed by atoms with Gasteiger partial charge in [-0.25, -0.2) is 8.42 Å². The van der Waals surface area contributed by atoms with E-state index in [9.17, 15) is 13.2 Å². The fraction of sp³-hybridized carbons (Fsp3) is 0.444. The molecule has 2 aromatic rings. The van der Waals surface area contributed by atoms with Gasteiger partial charge in [-0.2, -0.15) is 4.31 Å². The van der Waals surface area contributed by atoms with Crippen molar-refractivity contribution in [2.24, 2.45) is 0 Å². The number of nitrogens with one attached hydrogen (secondary N) is 1. The average Bonchev–Trinajstić information content (AvgIpc) is 3.09. The van der Waals surface area contributed by atoms with Gasteiger partial charge in [0.25, 0.3) is 0 Å². The second kappa shape index (κ2) is 8.10. The number of halogens is 1. The number of aromatic nitrogens is 1. The van der Waals surface area contributed by atoms with Crippen LogP contribution >= 0.6 is 11.6 Å². The number of nitrogens with zero attached hydrogens (tertiary/aromatic N) is 3. The summed E-state index contributed by atoms with van der Waals surface area (Å²) in [6.07, 6.45) is 4.02. The molecule has 1 fully saturated rings. The van der Waals surface area contributed by atoms with E-state index in [-0.39, 0.29) is 23.4 Å². The van der Waals surface area contributed by atoms with E-state index in [1.807, 2.05) is 19.0 Å². The molecule has 27 heavy (non-hydrogen) atoms. The largest absolute Gasteiger partial charge is 0.352 e. The summed E-state index contributed by atoms with van der Waals surface area (Å²) >= 11 is 6.23. The molecule has 0 bridgehead atoms. The van der Waals surface area contributed by atoms with Crippen LogP contribution in [0.2, 0.25) is 5.02 Å². The van der Waals surface area contributed by atoms with E-state index in [0.717, 1.165) is 0 Å². The summed E-state index contributed by atoms with van der Waals surface area (Å²) in [5.74, 6) is -0.0628. The number of carbonyl (C=O) groups excluding carboxylic acids is 1. The summed E-state index contributed by atoms with van der Waals surface area (Å²) < 4.78 is 27.8. The molecule has 0 saturated carbocycles. The molecule has 2 heterocycles. The van der Waals surface area contributed by atoms with Gasteiger partial charge in [0.05, 0.1) is 9.92 Å². The normalized spacial score (nSPS) is 18.3. The lowest BCUT2D eigenvalue weighted by molar-refractivity contribution is -0.121. The Labute approximate surface area is 164 Å². The van der Waals surface area contributed by atoms with Crippen LogP contribution in [0.4, 0.5) is 0 Å². The molecule has 1 aliphatic heterocycles. The summed E-state index contributed by atoms with van der Waals surface area (Å²) in [6, 6.07) is 4.85. The first-order valence-corrected chi connectivity index (χ1v) is 10.6. The minimum Gasteiger partial charge on any atom is -0.352 e. The first-order valence-electron chi connectivity index (χ1n) is 8.75. The molecule has 1 atom stereocenters. The van der Waals surface area contributed by atoms with E-state index in [1.165, 1.54) is 10.5 Å². The van der Waals surface area contributed by atoms with E-state index in [2.05, 4.69) is 10.3 Å². The van der Waals surface area contributed by atoms with Crippen LogP contribution < -0.4 is 5.32 Å². The number of hydrogen-bond donors (Lipinski definition) is 1. The van der Waals surface area contributed by atoms with Gasteiger partial charge in [0.1, 0.15) is 0 Å². The highest BCUT2D eigenvalue weighted by Crippen LogP contribution is 2.32. The van der Waals surface area contributed by atoms with Gasteiger partial charge in [-0.15, -0.1) is 0 Å². The van der Waals surface area contributed by atoms with Crippen molar-refractivity contribution in [1.82, 2.24) is 19.5 Å². The zero-order valence-electron chi connectivity index (χ0n) is 15.4. The maximum Gasteiger partial charge on any atom is 0.243 e. The van der Waals surface area contributed by atoms with Gasteiger partial charge >= 0.3 is 0 Å². The minimum absolute atomic E-state index is 0.0628. The Balaban J connectivity index is 1.77. The smallest absolute Gasteiger partial charge is 0.243 e. The number of benzene rings is 1. The lowest BCUT2D eigenvalue weighted by Crippen LogP contribution is -2.39. The molecular weight excluding hydrogens is 388 g/mol. The molecule has 1 N–H and O–H groups in total. The number of carbonyl (C=O) groups is 1. The van der Waals surface area contributed by atoms with Gasteiger partial charge in [-0.05, 0) is 26.6 Å². The molecule has 0 aliphatic carbocycles. The fourth-order valence-corrected chi connectivity index (χ4v) is 5.26. The van der Waals surface area contributed by atoms with E-state index >= 15 is 0 Å². The van der Waals surface area contributed by atoms with Gasteiger partial charge < -0.3 is 10.2 Å². The van der Waals surface area contributed by atoms with E-state index < -0.39 is 10.0 Å².